The van der Waals surface area contributed by atoms with Gasteiger partial charge in [0.15, 0.2) is 0 Å². The van der Waals surface area contributed by atoms with E-state index in [0.29, 0.717) is 0 Å². The minimum atomic E-state index is 0.258. The lowest BCUT2D eigenvalue weighted by Gasteiger charge is -2.33. The second-order valence-corrected chi connectivity index (χ2v) is 7.59. The first-order chi connectivity index (χ1) is 9.05. The predicted molar refractivity (Wildman–Crippen MR) is 84.5 cm³/mol. The molecule has 0 aromatic heterocycles. The molecular formula is C18H21P. The zero-order chi connectivity index (χ0) is 13.2. The number of hydrogen-bond acceptors (Lipinski definition) is 0. The third-order valence-corrected chi connectivity index (χ3v) is 5.62. The first-order valence-electron chi connectivity index (χ1n) is 7.34. The summed E-state index contributed by atoms with van der Waals surface area (Å²) in [4.78, 5) is 0. The second kappa shape index (κ2) is 3.83. The van der Waals surface area contributed by atoms with Crippen LogP contribution in [-0.2, 0) is 12.8 Å². The molecule has 3 unspecified atom stereocenters. The van der Waals surface area contributed by atoms with Gasteiger partial charge in [0.25, 0.3) is 0 Å². The molecule has 4 rings (SSSR count). The molecule has 0 N–H and O–H groups in total. The van der Waals surface area contributed by atoms with Crippen molar-refractivity contribution >= 4 is 9.24 Å². The number of fused-ring (bicyclic) bond motifs is 1. The number of allylic oxidation sites excluding steroid dienone is 4. The second-order valence-electron chi connectivity index (χ2n) is 6.85. The van der Waals surface area contributed by atoms with Crippen LogP contribution in [0.2, 0.25) is 0 Å². The highest BCUT2D eigenvalue weighted by molar-refractivity contribution is 7.22. The van der Waals surface area contributed by atoms with Gasteiger partial charge in [-0.3, -0.25) is 0 Å². The van der Waals surface area contributed by atoms with Crippen LogP contribution in [0.5, 0.6) is 0 Å². The van der Waals surface area contributed by atoms with Gasteiger partial charge in [-0.25, -0.2) is 0 Å². The van der Waals surface area contributed by atoms with E-state index in [1.807, 2.05) is 0 Å². The smallest absolute Gasteiger partial charge is 0.0109 e. The molecule has 98 valence electrons. The lowest BCUT2D eigenvalue weighted by Crippen LogP contribution is -2.21. The molecule has 1 aromatic rings. The van der Waals surface area contributed by atoms with Crippen LogP contribution in [0.1, 0.15) is 47.9 Å². The summed E-state index contributed by atoms with van der Waals surface area (Å²) in [5.41, 5.74) is 8.32. The molecule has 0 spiro atoms. The van der Waals surface area contributed by atoms with Gasteiger partial charge in [0.2, 0.25) is 0 Å². The zero-order valence-corrected chi connectivity index (χ0v) is 12.9. The Labute approximate surface area is 118 Å². The van der Waals surface area contributed by atoms with Gasteiger partial charge in [-0.05, 0) is 55.2 Å². The van der Waals surface area contributed by atoms with Gasteiger partial charge in [0, 0.05) is 5.41 Å². The number of benzene rings is 1. The van der Waals surface area contributed by atoms with Crippen LogP contribution >= 0.6 is 9.24 Å². The molecule has 0 aliphatic heterocycles. The fourth-order valence-electron chi connectivity index (χ4n) is 4.38. The van der Waals surface area contributed by atoms with E-state index in [2.05, 4.69) is 47.4 Å². The van der Waals surface area contributed by atoms with E-state index in [1.54, 1.807) is 22.3 Å². The van der Waals surface area contributed by atoms with Crippen molar-refractivity contribution in [3.63, 3.8) is 0 Å². The van der Waals surface area contributed by atoms with Crippen molar-refractivity contribution in [2.75, 3.05) is 0 Å². The lowest BCUT2D eigenvalue weighted by molar-refractivity contribution is 0.478. The molecular weight excluding hydrogens is 247 g/mol. The molecule has 19 heavy (non-hydrogen) atoms. The molecule has 0 saturated heterocycles. The van der Waals surface area contributed by atoms with E-state index >= 15 is 0 Å². The third-order valence-electron chi connectivity index (χ3n) is 5.22. The first-order valence-corrected chi connectivity index (χ1v) is 7.92. The normalized spacial score (nSPS) is 31.4. The van der Waals surface area contributed by atoms with Crippen molar-refractivity contribution in [3.05, 3.63) is 57.4 Å². The molecule has 0 heterocycles. The molecule has 0 saturated carbocycles. The minimum Gasteiger partial charge on any atom is -0.110 e. The summed E-state index contributed by atoms with van der Waals surface area (Å²) in [5, 5.41) is 1.46. The van der Waals surface area contributed by atoms with Gasteiger partial charge >= 0.3 is 0 Å². The highest BCUT2D eigenvalue weighted by atomic mass is 31.0. The molecule has 3 atom stereocenters. The fourth-order valence-corrected chi connectivity index (χ4v) is 4.87. The Morgan fingerprint density at radius 2 is 2.00 bits per heavy atom. The maximum absolute atomic E-state index is 2.92. The molecule has 0 bridgehead atoms. The fraction of sp³-hybridized carbons (Fsp3) is 0.444. The van der Waals surface area contributed by atoms with Gasteiger partial charge in [-0.1, -0.05) is 47.7 Å². The van der Waals surface area contributed by atoms with Crippen molar-refractivity contribution in [2.45, 2.75) is 45.4 Å². The SMILES string of the molecule is Cc1cc2c3c(c1)CC1(C)C=C(P)CC=C1CC3C2. The summed E-state index contributed by atoms with van der Waals surface area (Å²) in [7, 11) is 2.92. The van der Waals surface area contributed by atoms with Crippen LogP contribution in [0.3, 0.4) is 0 Å². The summed E-state index contributed by atoms with van der Waals surface area (Å²) >= 11 is 0. The summed E-state index contributed by atoms with van der Waals surface area (Å²) in [6, 6.07) is 4.84. The highest BCUT2D eigenvalue weighted by Crippen LogP contribution is 2.52. The van der Waals surface area contributed by atoms with Gasteiger partial charge in [-0.15, -0.1) is 9.24 Å². The van der Waals surface area contributed by atoms with Crippen molar-refractivity contribution in [2.24, 2.45) is 5.41 Å². The molecule has 0 amide bonds. The standard InChI is InChI=1S/C18H21P/c1-11-5-12-7-13-8-15-3-4-16(19)10-18(15,2)9-14(6-11)17(12)13/h3,5-6,10,13H,4,7-9,19H2,1-2H3. The molecule has 1 aromatic carbocycles. The molecule has 0 fully saturated rings. The molecule has 1 heteroatoms. The summed E-state index contributed by atoms with van der Waals surface area (Å²) in [5.74, 6) is 0.804. The van der Waals surface area contributed by atoms with E-state index in [-0.39, 0.29) is 5.41 Å². The van der Waals surface area contributed by atoms with Crippen LogP contribution in [0.25, 0.3) is 0 Å². The average Bonchev–Trinajstić information content (AvgIpc) is 2.37. The number of aryl methyl sites for hydroxylation is 1. The monoisotopic (exact) mass is 268 g/mol. The van der Waals surface area contributed by atoms with Gasteiger partial charge in [0.1, 0.15) is 0 Å². The van der Waals surface area contributed by atoms with Crippen molar-refractivity contribution in [3.8, 4) is 0 Å². The van der Waals surface area contributed by atoms with Gasteiger partial charge in [-0.2, -0.15) is 0 Å². The van der Waals surface area contributed by atoms with Gasteiger partial charge < -0.3 is 0 Å². The largest absolute Gasteiger partial charge is 0.110 e. The van der Waals surface area contributed by atoms with E-state index in [1.165, 1.54) is 30.1 Å². The average molecular weight is 268 g/mol. The molecule has 0 radical (unpaired) electrons. The summed E-state index contributed by atoms with van der Waals surface area (Å²) in [6.07, 6.45) is 9.91. The van der Waals surface area contributed by atoms with Crippen LogP contribution in [0.4, 0.5) is 0 Å². The van der Waals surface area contributed by atoms with E-state index in [4.69, 9.17) is 0 Å². The molecule has 3 aliphatic rings. The Balaban J connectivity index is 1.87. The van der Waals surface area contributed by atoms with Crippen LogP contribution in [0.15, 0.2) is 35.2 Å². The molecule has 3 aliphatic carbocycles. The predicted octanol–water partition coefficient (Wildman–Crippen LogP) is 4.68. The number of hydrogen-bond donors (Lipinski definition) is 0. The van der Waals surface area contributed by atoms with Crippen LogP contribution in [0, 0.1) is 12.3 Å². The topological polar surface area (TPSA) is 0 Å². The maximum Gasteiger partial charge on any atom is 0.0109 e. The molecule has 0 nitrogen and oxygen atoms in total. The first kappa shape index (κ1) is 11.9. The highest BCUT2D eigenvalue weighted by Gasteiger charge is 2.40. The minimum absolute atomic E-state index is 0.258. The van der Waals surface area contributed by atoms with Crippen molar-refractivity contribution in [1.82, 2.24) is 0 Å². The number of rotatable bonds is 0. The zero-order valence-electron chi connectivity index (χ0n) is 11.8. The van der Waals surface area contributed by atoms with E-state index < -0.39 is 0 Å². The Morgan fingerprint density at radius 1 is 1.21 bits per heavy atom. The Kier molecular flexibility index (Phi) is 2.40. The quantitative estimate of drug-likeness (QED) is 0.473. The van der Waals surface area contributed by atoms with Gasteiger partial charge in [0.05, 0.1) is 0 Å². The van der Waals surface area contributed by atoms with Crippen LogP contribution in [-0.4, -0.2) is 0 Å². The third kappa shape index (κ3) is 1.69. The maximum atomic E-state index is 2.92. The van der Waals surface area contributed by atoms with Crippen LogP contribution < -0.4 is 0 Å². The van der Waals surface area contributed by atoms with Crippen molar-refractivity contribution in [1.29, 1.82) is 0 Å². The Morgan fingerprint density at radius 3 is 2.84 bits per heavy atom. The lowest BCUT2D eigenvalue weighted by atomic mass is 9.72. The Bertz CT molecular complexity index is 635. The van der Waals surface area contributed by atoms with E-state index in [0.717, 1.165) is 12.3 Å². The summed E-state index contributed by atoms with van der Waals surface area (Å²) < 4.78 is 0. The summed E-state index contributed by atoms with van der Waals surface area (Å²) in [6.45, 7) is 4.67. The van der Waals surface area contributed by atoms with E-state index in [9.17, 15) is 0 Å². The Hall–Kier alpha value is -0.870. The van der Waals surface area contributed by atoms with Crippen molar-refractivity contribution < 1.29 is 0 Å².